The number of pyridine rings is 1. The highest BCUT2D eigenvalue weighted by atomic mass is 79.9. The van der Waals surface area contributed by atoms with Crippen LogP contribution in [0.3, 0.4) is 0 Å². The van der Waals surface area contributed by atoms with Crippen molar-refractivity contribution in [3.05, 3.63) is 76.4 Å². The van der Waals surface area contributed by atoms with Crippen LogP contribution in [-0.4, -0.2) is 53.7 Å². The lowest BCUT2D eigenvalue weighted by Gasteiger charge is -2.34. The van der Waals surface area contributed by atoms with Crippen LogP contribution in [0, 0.1) is 0 Å². The van der Waals surface area contributed by atoms with E-state index >= 15 is 0 Å². The summed E-state index contributed by atoms with van der Waals surface area (Å²) in [5.74, 6) is 3.10. The van der Waals surface area contributed by atoms with Gasteiger partial charge in [0.25, 0.3) is 0 Å². The van der Waals surface area contributed by atoms with Crippen LogP contribution in [0.25, 0.3) is 0 Å². The number of fused-ring (bicyclic) bond motifs is 1. The second-order valence-electron chi connectivity index (χ2n) is 8.41. The Balaban J connectivity index is 1.05. The molecule has 3 heterocycles. The predicted octanol–water partition coefficient (Wildman–Crippen LogP) is 4.64. The van der Waals surface area contributed by atoms with Crippen molar-refractivity contribution >= 4 is 21.8 Å². The van der Waals surface area contributed by atoms with Gasteiger partial charge in [-0.2, -0.15) is 0 Å². The number of rotatable bonds is 7. The van der Waals surface area contributed by atoms with Gasteiger partial charge in [-0.1, -0.05) is 18.2 Å². The number of carbonyl (C=O) groups is 1. The van der Waals surface area contributed by atoms with Crippen molar-refractivity contribution in [1.29, 1.82) is 0 Å². The molecule has 3 aromatic rings. The van der Waals surface area contributed by atoms with Gasteiger partial charge in [0.1, 0.15) is 5.75 Å². The van der Waals surface area contributed by atoms with Gasteiger partial charge in [-0.3, -0.25) is 9.69 Å². The number of hydrogen-bond acceptors (Lipinski definition) is 6. The zero-order chi connectivity index (χ0) is 23.3. The zero-order valence-corrected chi connectivity index (χ0v) is 20.4. The summed E-state index contributed by atoms with van der Waals surface area (Å²) < 4.78 is 17.5. The highest BCUT2D eigenvalue weighted by Crippen LogP contribution is 2.33. The quantitative estimate of drug-likeness (QED) is 0.449. The van der Waals surface area contributed by atoms with Crippen molar-refractivity contribution in [3.8, 4) is 23.1 Å². The molecule has 34 heavy (non-hydrogen) atoms. The van der Waals surface area contributed by atoms with E-state index in [0.717, 1.165) is 60.0 Å². The van der Waals surface area contributed by atoms with Crippen LogP contribution in [0.2, 0.25) is 0 Å². The molecule has 0 aliphatic carbocycles. The summed E-state index contributed by atoms with van der Waals surface area (Å²) in [4.78, 5) is 21.3. The molecule has 1 amide bonds. The van der Waals surface area contributed by atoms with Gasteiger partial charge in [-0.15, -0.1) is 0 Å². The van der Waals surface area contributed by atoms with Crippen molar-refractivity contribution in [1.82, 2.24) is 14.8 Å². The standard InChI is InChI=1S/C26H26BrN3O4/c27-21-5-9-25(28-16-21)34-22-6-1-19(2-7-22)4-10-26(31)30-13-11-29(12-14-30)17-20-3-8-23-24(15-20)33-18-32-23/h1-3,5-9,15-16H,4,10-14,17-18H2. The fraction of sp³-hybridized carbons (Fsp3) is 0.308. The number of ether oxygens (including phenoxy) is 3. The van der Waals surface area contributed by atoms with Gasteiger partial charge in [0.15, 0.2) is 11.5 Å². The number of hydrogen-bond donors (Lipinski definition) is 0. The smallest absolute Gasteiger partial charge is 0.231 e. The van der Waals surface area contributed by atoms with Gasteiger partial charge in [0, 0.05) is 55.9 Å². The van der Waals surface area contributed by atoms with Crippen LogP contribution in [-0.2, 0) is 17.8 Å². The fourth-order valence-corrected chi connectivity index (χ4v) is 4.36. The minimum atomic E-state index is 0.210. The molecular formula is C26H26BrN3O4. The Morgan fingerprint density at radius 1 is 0.941 bits per heavy atom. The average molecular weight is 524 g/mol. The van der Waals surface area contributed by atoms with Crippen LogP contribution in [0.4, 0.5) is 0 Å². The maximum absolute atomic E-state index is 12.7. The Bertz CT molecular complexity index is 1130. The van der Waals surface area contributed by atoms with Gasteiger partial charge < -0.3 is 19.1 Å². The van der Waals surface area contributed by atoms with E-state index in [2.05, 4.69) is 31.9 Å². The lowest BCUT2D eigenvalue weighted by molar-refractivity contribution is -0.133. The Hall–Kier alpha value is -3.10. The fourth-order valence-electron chi connectivity index (χ4n) is 4.13. The van der Waals surface area contributed by atoms with Crippen LogP contribution in [0.1, 0.15) is 17.5 Å². The first kappa shape index (κ1) is 22.7. The van der Waals surface area contributed by atoms with E-state index < -0.39 is 0 Å². The number of aromatic nitrogens is 1. The SMILES string of the molecule is O=C(CCc1ccc(Oc2ccc(Br)cn2)cc1)N1CCN(Cc2ccc3c(c2)OCO3)CC1. The van der Waals surface area contributed by atoms with E-state index in [1.54, 1.807) is 6.20 Å². The Morgan fingerprint density at radius 2 is 1.71 bits per heavy atom. The van der Waals surface area contributed by atoms with Gasteiger partial charge in [0.05, 0.1) is 0 Å². The summed E-state index contributed by atoms with van der Waals surface area (Å²) in [6.07, 6.45) is 2.93. The van der Waals surface area contributed by atoms with Crippen molar-refractivity contribution in [2.45, 2.75) is 19.4 Å². The first-order valence-electron chi connectivity index (χ1n) is 11.4. The topological polar surface area (TPSA) is 64.1 Å². The molecule has 0 spiro atoms. The molecule has 176 valence electrons. The van der Waals surface area contributed by atoms with E-state index in [0.29, 0.717) is 25.5 Å². The van der Waals surface area contributed by atoms with Crippen molar-refractivity contribution in [3.63, 3.8) is 0 Å². The van der Waals surface area contributed by atoms with Crippen LogP contribution >= 0.6 is 15.9 Å². The molecule has 2 aromatic carbocycles. The van der Waals surface area contributed by atoms with Gasteiger partial charge in [-0.05, 0) is 63.8 Å². The molecule has 7 nitrogen and oxygen atoms in total. The maximum Gasteiger partial charge on any atom is 0.231 e. The lowest BCUT2D eigenvalue weighted by Crippen LogP contribution is -2.48. The number of nitrogens with zero attached hydrogens (tertiary/aromatic N) is 3. The Labute approximate surface area is 207 Å². The van der Waals surface area contributed by atoms with Crippen molar-refractivity contribution in [2.24, 2.45) is 0 Å². The predicted molar refractivity (Wildman–Crippen MR) is 131 cm³/mol. The minimum Gasteiger partial charge on any atom is -0.454 e. The number of halogens is 1. The normalized spacial score (nSPS) is 15.4. The van der Waals surface area contributed by atoms with E-state index in [9.17, 15) is 4.79 Å². The lowest BCUT2D eigenvalue weighted by atomic mass is 10.1. The average Bonchev–Trinajstić information content (AvgIpc) is 3.33. The molecule has 0 bridgehead atoms. The largest absolute Gasteiger partial charge is 0.454 e. The molecule has 0 N–H and O–H groups in total. The first-order valence-corrected chi connectivity index (χ1v) is 12.2. The van der Waals surface area contributed by atoms with E-state index in [4.69, 9.17) is 14.2 Å². The molecule has 0 unspecified atom stereocenters. The highest BCUT2D eigenvalue weighted by Gasteiger charge is 2.22. The van der Waals surface area contributed by atoms with E-state index in [1.807, 2.05) is 53.4 Å². The summed E-state index contributed by atoms with van der Waals surface area (Å²) in [5.41, 5.74) is 2.32. The molecule has 2 aliphatic heterocycles. The van der Waals surface area contributed by atoms with Crippen LogP contribution in [0.15, 0.2) is 65.3 Å². The number of benzene rings is 2. The Kier molecular flexibility index (Phi) is 6.97. The molecule has 0 saturated carbocycles. The summed E-state index contributed by atoms with van der Waals surface area (Å²) in [7, 11) is 0. The molecule has 0 radical (unpaired) electrons. The number of amides is 1. The highest BCUT2D eigenvalue weighted by molar-refractivity contribution is 9.10. The second-order valence-corrected chi connectivity index (χ2v) is 9.32. The third kappa shape index (κ3) is 5.69. The van der Waals surface area contributed by atoms with Gasteiger partial charge in [-0.25, -0.2) is 4.98 Å². The molecule has 2 aliphatic rings. The molecular weight excluding hydrogens is 498 g/mol. The van der Waals surface area contributed by atoms with E-state index in [1.165, 1.54) is 5.56 Å². The minimum absolute atomic E-state index is 0.210. The number of piperazine rings is 1. The second kappa shape index (κ2) is 10.4. The summed E-state index contributed by atoms with van der Waals surface area (Å²) >= 11 is 3.36. The molecule has 1 aromatic heterocycles. The van der Waals surface area contributed by atoms with Crippen molar-refractivity contribution in [2.75, 3.05) is 33.0 Å². The van der Waals surface area contributed by atoms with Gasteiger partial charge in [0.2, 0.25) is 18.6 Å². The third-order valence-corrected chi connectivity index (χ3v) is 6.51. The monoisotopic (exact) mass is 523 g/mol. The van der Waals surface area contributed by atoms with E-state index in [-0.39, 0.29) is 5.91 Å². The maximum atomic E-state index is 12.7. The molecule has 0 atom stereocenters. The van der Waals surface area contributed by atoms with Crippen LogP contribution < -0.4 is 14.2 Å². The number of aryl methyl sites for hydroxylation is 1. The summed E-state index contributed by atoms with van der Waals surface area (Å²) in [6.45, 7) is 4.41. The molecule has 8 heteroatoms. The number of carbonyl (C=O) groups excluding carboxylic acids is 1. The summed E-state index contributed by atoms with van der Waals surface area (Å²) in [6, 6.07) is 17.6. The summed E-state index contributed by atoms with van der Waals surface area (Å²) in [5, 5.41) is 0. The molecule has 1 saturated heterocycles. The molecule has 5 rings (SSSR count). The van der Waals surface area contributed by atoms with Gasteiger partial charge >= 0.3 is 0 Å². The van der Waals surface area contributed by atoms with Crippen LogP contribution in [0.5, 0.6) is 23.1 Å². The van der Waals surface area contributed by atoms with Crippen molar-refractivity contribution < 1.29 is 19.0 Å². The zero-order valence-electron chi connectivity index (χ0n) is 18.8. The first-order chi connectivity index (χ1) is 16.6. The Morgan fingerprint density at radius 3 is 2.47 bits per heavy atom. The third-order valence-electron chi connectivity index (χ3n) is 6.04. The molecule has 1 fully saturated rings.